The summed E-state index contributed by atoms with van der Waals surface area (Å²) in [6.45, 7) is 8.29. The lowest BCUT2D eigenvalue weighted by atomic mass is 10.1. The van der Waals surface area contributed by atoms with Crippen LogP contribution in [0.4, 0.5) is 5.82 Å². The fraction of sp³-hybridized carbons (Fsp3) is 0.588. The molecule has 0 aliphatic carbocycles. The van der Waals surface area contributed by atoms with E-state index in [4.69, 9.17) is 4.52 Å². The molecule has 0 saturated carbocycles. The van der Waals surface area contributed by atoms with E-state index in [9.17, 15) is 4.79 Å². The average molecular weight is 346 g/mol. The Hall–Kier alpha value is -2.19. The number of hydrogen-bond donors (Lipinski definition) is 1. The number of hydrogen-bond acceptors (Lipinski definition) is 6. The molecule has 0 aromatic carbocycles. The van der Waals surface area contributed by atoms with Gasteiger partial charge in [0.25, 0.3) is 0 Å². The van der Waals surface area contributed by atoms with E-state index >= 15 is 0 Å². The summed E-state index contributed by atoms with van der Waals surface area (Å²) in [7, 11) is 2.02. The molecule has 1 saturated heterocycles. The molecule has 0 bridgehead atoms. The Morgan fingerprint density at radius 3 is 2.68 bits per heavy atom. The number of anilines is 1. The van der Waals surface area contributed by atoms with Crippen LogP contribution >= 0.6 is 0 Å². The Bertz CT molecular complexity index is 702. The molecule has 0 radical (unpaired) electrons. The summed E-state index contributed by atoms with van der Waals surface area (Å²) in [6, 6.07) is 1.59. The number of rotatable bonds is 6. The van der Waals surface area contributed by atoms with Crippen molar-refractivity contribution in [2.45, 2.75) is 32.9 Å². The summed E-state index contributed by atoms with van der Waals surface area (Å²) in [5.74, 6) is 2.22. The van der Waals surface area contributed by atoms with Crippen molar-refractivity contribution in [3.63, 3.8) is 0 Å². The van der Waals surface area contributed by atoms with Crippen LogP contribution in [0.1, 0.15) is 24.9 Å². The monoisotopic (exact) mass is 346 g/mol. The van der Waals surface area contributed by atoms with Crippen molar-refractivity contribution >= 4 is 11.7 Å². The number of nitrogens with one attached hydrogen (secondary N) is 1. The summed E-state index contributed by atoms with van der Waals surface area (Å²) in [5.41, 5.74) is 0. The molecule has 1 N–H and O–H groups in total. The van der Waals surface area contributed by atoms with Crippen molar-refractivity contribution < 1.29 is 9.32 Å². The smallest absolute Gasteiger partial charge is 0.242 e. The summed E-state index contributed by atoms with van der Waals surface area (Å²) >= 11 is 0. The lowest BCUT2D eigenvalue weighted by Crippen LogP contribution is -2.53. The van der Waals surface area contributed by atoms with E-state index in [2.05, 4.69) is 29.8 Å². The van der Waals surface area contributed by atoms with Gasteiger partial charge in [-0.15, -0.1) is 0 Å². The first kappa shape index (κ1) is 17.6. The number of carbonyl (C=O) groups excluding carboxylic acids is 1. The first-order chi connectivity index (χ1) is 12.1. The van der Waals surface area contributed by atoms with E-state index in [0.717, 1.165) is 45.0 Å². The summed E-state index contributed by atoms with van der Waals surface area (Å²) in [6.07, 6.45) is 4.56. The minimum Gasteiger partial charge on any atom is -0.360 e. The fourth-order valence-corrected chi connectivity index (χ4v) is 3.23. The molecule has 0 spiro atoms. The summed E-state index contributed by atoms with van der Waals surface area (Å²) < 4.78 is 7.06. The maximum absolute atomic E-state index is 12.6. The van der Waals surface area contributed by atoms with Gasteiger partial charge in [-0.3, -0.25) is 14.6 Å². The van der Waals surface area contributed by atoms with E-state index in [-0.39, 0.29) is 11.9 Å². The van der Waals surface area contributed by atoms with Crippen LogP contribution in [0.5, 0.6) is 0 Å². The molecule has 1 atom stereocenters. The van der Waals surface area contributed by atoms with E-state index in [1.807, 2.05) is 26.4 Å². The molecule has 2 aromatic heterocycles. The predicted octanol–water partition coefficient (Wildman–Crippen LogP) is 1.25. The van der Waals surface area contributed by atoms with E-state index in [0.29, 0.717) is 11.6 Å². The van der Waals surface area contributed by atoms with Crippen molar-refractivity contribution in [3.05, 3.63) is 30.0 Å². The van der Waals surface area contributed by atoms with Gasteiger partial charge < -0.3 is 14.4 Å². The number of carbonyl (C=O) groups is 1. The van der Waals surface area contributed by atoms with Gasteiger partial charge in [-0.1, -0.05) is 12.1 Å². The van der Waals surface area contributed by atoms with Crippen LogP contribution in [0, 0.1) is 6.92 Å². The second-order valence-corrected chi connectivity index (χ2v) is 6.50. The zero-order valence-electron chi connectivity index (χ0n) is 15.1. The molecule has 3 rings (SSSR count). The van der Waals surface area contributed by atoms with Gasteiger partial charge >= 0.3 is 0 Å². The topological polar surface area (TPSA) is 79.4 Å². The number of nitrogens with zero attached hydrogens (tertiary/aromatic N) is 5. The standard InChI is InChI=1S/C17H26N6O2/c1-4-14(17(24)19-15-11-13(2)25-20-15)23-9-7-22(8-10-23)12-16-18-5-6-21(16)3/h5-6,11,14H,4,7-10,12H2,1-3H3,(H,19,20,24). The van der Waals surface area contributed by atoms with Gasteiger partial charge in [-0.25, -0.2) is 4.98 Å². The van der Waals surface area contributed by atoms with Crippen LogP contribution in [0.2, 0.25) is 0 Å². The van der Waals surface area contributed by atoms with E-state index in [1.165, 1.54) is 0 Å². The molecule has 8 heteroatoms. The van der Waals surface area contributed by atoms with Gasteiger partial charge in [-0.2, -0.15) is 0 Å². The maximum Gasteiger partial charge on any atom is 0.242 e. The third-order valence-electron chi connectivity index (χ3n) is 4.70. The van der Waals surface area contributed by atoms with Crippen molar-refractivity contribution in [1.29, 1.82) is 0 Å². The van der Waals surface area contributed by atoms with Crippen LogP contribution in [-0.4, -0.2) is 62.6 Å². The quantitative estimate of drug-likeness (QED) is 0.848. The second kappa shape index (κ2) is 7.79. The van der Waals surface area contributed by atoms with Crippen molar-refractivity contribution in [2.24, 2.45) is 7.05 Å². The molecular weight excluding hydrogens is 320 g/mol. The molecule has 25 heavy (non-hydrogen) atoms. The van der Waals surface area contributed by atoms with Gasteiger partial charge in [0.15, 0.2) is 5.82 Å². The normalized spacial score (nSPS) is 17.6. The van der Waals surface area contributed by atoms with Crippen LogP contribution in [0.25, 0.3) is 0 Å². The molecular formula is C17H26N6O2. The van der Waals surface area contributed by atoms with Gasteiger partial charge in [0.05, 0.1) is 12.6 Å². The van der Waals surface area contributed by atoms with Crippen molar-refractivity contribution in [1.82, 2.24) is 24.5 Å². The Morgan fingerprint density at radius 1 is 1.36 bits per heavy atom. The highest BCUT2D eigenvalue weighted by atomic mass is 16.5. The van der Waals surface area contributed by atoms with Gasteiger partial charge in [0.2, 0.25) is 5.91 Å². The molecule has 136 valence electrons. The Kier molecular flexibility index (Phi) is 5.50. The predicted molar refractivity (Wildman–Crippen MR) is 94.0 cm³/mol. The molecule has 8 nitrogen and oxygen atoms in total. The molecule has 1 fully saturated rings. The Balaban J connectivity index is 1.53. The number of amides is 1. The Labute approximate surface area is 147 Å². The first-order valence-electron chi connectivity index (χ1n) is 8.73. The first-order valence-corrected chi connectivity index (χ1v) is 8.73. The largest absolute Gasteiger partial charge is 0.360 e. The van der Waals surface area contributed by atoms with E-state index < -0.39 is 0 Å². The van der Waals surface area contributed by atoms with Gasteiger partial charge in [0, 0.05) is 51.7 Å². The van der Waals surface area contributed by atoms with Crippen LogP contribution in [0.15, 0.2) is 23.0 Å². The maximum atomic E-state index is 12.6. The van der Waals surface area contributed by atoms with E-state index in [1.54, 1.807) is 13.0 Å². The molecule has 1 aliphatic rings. The highest BCUT2D eigenvalue weighted by molar-refractivity contribution is 5.94. The zero-order valence-corrected chi connectivity index (χ0v) is 15.1. The van der Waals surface area contributed by atoms with Crippen LogP contribution in [0.3, 0.4) is 0 Å². The summed E-state index contributed by atoms with van der Waals surface area (Å²) in [4.78, 5) is 21.6. The number of aryl methyl sites for hydroxylation is 2. The SMILES string of the molecule is CCC(C(=O)Nc1cc(C)on1)N1CCN(Cc2nccn2C)CC1. The zero-order chi connectivity index (χ0) is 17.8. The third kappa shape index (κ3) is 4.26. The highest BCUT2D eigenvalue weighted by Crippen LogP contribution is 2.14. The lowest BCUT2D eigenvalue weighted by molar-refractivity contribution is -0.122. The van der Waals surface area contributed by atoms with Gasteiger partial charge in [0.1, 0.15) is 11.6 Å². The molecule has 1 unspecified atom stereocenters. The highest BCUT2D eigenvalue weighted by Gasteiger charge is 2.28. The van der Waals surface area contributed by atoms with Crippen LogP contribution in [-0.2, 0) is 18.4 Å². The van der Waals surface area contributed by atoms with Gasteiger partial charge in [-0.05, 0) is 13.3 Å². The summed E-state index contributed by atoms with van der Waals surface area (Å²) in [5, 5.41) is 6.69. The fourth-order valence-electron chi connectivity index (χ4n) is 3.23. The lowest BCUT2D eigenvalue weighted by Gasteiger charge is -2.38. The minimum absolute atomic E-state index is 0.0200. The van der Waals surface area contributed by atoms with Crippen molar-refractivity contribution in [3.8, 4) is 0 Å². The molecule has 1 aliphatic heterocycles. The molecule has 1 amide bonds. The third-order valence-corrected chi connectivity index (χ3v) is 4.70. The average Bonchev–Trinajstić information content (AvgIpc) is 3.18. The van der Waals surface area contributed by atoms with Crippen LogP contribution < -0.4 is 5.32 Å². The number of aromatic nitrogens is 3. The number of imidazole rings is 1. The Morgan fingerprint density at radius 2 is 2.12 bits per heavy atom. The second-order valence-electron chi connectivity index (χ2n) is 6.50. The van der Waals surface area contributed by atoms with Crippen molar-refractivity contribution in [2.75, 3.05) is 31.5 Å². The molecule has 3 heterocycles. The minimum atomic E-state index is -0.146. The number of piperazine rings is 1. The molecule has 2 aromatic rings.